The summed E-state index contributed by atoms with van der Waals surface area (Å²) in [6.45, 7) is 9.16. The second-order valence-corrected chi connectivity index (χ2v) is 16.3. The molecule has 0 saturated carbocycles. The average Bonchev–Trinajstić information content (AvgIpc) is 3.71. The first-order valence-electron chi connectivity index (χ1n) is 19.6. The van der Waals surface area contributed by atoms with E-state index >= 15 is 0 Å². The molecule has 12 aromatic rings. The smallest absolute Gasteiger partial charge is 0.000718 e. The van der Waals surface area contributed by atoms with Crippen molar-refractivity contribution in [3.8, 4) is 22.3 Å². The highest BCUT2D eigenvalue weighted by atomic mass is 14.3. The quantitative estimate of drug-likeness (QED) is 0.162. The summed E-state index contributed by atoms with van der Waals surface area (Å²) in [5.74, 6) is 0.931. The fourth-order valence-corrected chi connectivity index (χ4v) is 10.3. The summed E-state index contributed by atoms with van der Waals surface area (Å²) in [7, 11) is 0. The summed E-state index contributed by atoms with van der Waals surface area (Å²) in [6.07, 6.45) is 0. The molecule has 0 saturated heterocycles. The van der Waals surface area contributed by atoms with E-state index in [4.69, 9.17) is 0 Å². The first kappa shape index (κ1) is 30.2. The van der Waals surface area contributed by atoms with Gasteiger partial charge in [0.05, 0.1) is 0 Å². The van der Waals surface area contributed by atoms with Crippen molar-refractivity contribution < 1.29 is 0 Å². The molecule has 0 spiro atoms. The Morgan fingerprint density at radius 2 is 0.815 bits per heavy atom. The molecule has 254 valence electrons. The summed E-state index contributed by atoms with van der Waals surface area (Å²) in [5.41, 5.74) is 7.98. The van der Waals surface area contributed by atoms with Crippen molar-refractivity contribution in [2.45, 2.75) is 39.5 Å². The lowest BCUT2D eigenvalue weighted by Crippen LogP contribution is -1.93. The molecule has 0 heteroatoms. The van der Waals surface area contributed by atoms with Gasteiger partial charge in [0, 0.05) is 0 Å². The zero-order valence-electron chi connectivity index (χ0n) is 31.0. The van der Waals surface area contributed by atoms with Crippen LogP contribution in [0.4, 0.5) is 0 Å². The molecule has 0 unspecified atom stereocenters. The van der Waals surface area contributed by atoms with E-state index < -0.39 is 0 Å². The first-order valence-corrected chi connectivity index (χ1v) is 19.6. The minimum atomic E-state index is 0.466. The average molecular weight is 687 g/mol. The van der Waals surface area contributed by atoms with Crippen LogP contribution in [0.15, 0.2) is 146 Å². The number of hydrogen-bond acceptors (Lipinski definition) is 0. The van der Waals surface area contributed by atoms with Crippen molar-refractivity contribution in [2.24, 2.45) is 0 Å². The predicted octanol–water partition coefficient (Wildman–Crippen LogP) is 16.0. The molecule has 0 bridgehead atoms. The zero-order valence-corrected chi connectivity index (χ0v) is 31.0. The molecule has 0 N–H and O–H groups in total. The number of hydrogen-bond donors (Lipinski definition) is 0. The van der Waals surface area contributed by atoms with Gasteiger partial charge < -0.3 is 0 Å². The third kappa shape index (κ3) is 3.83. The Kier molecular flexibility index (Phi) is 5.98. The van der Waals surface area contributed by atoms with Crippen LogP contribution in [0.25, 0.3) is 119 Å². The summed E-state index contributed by atoms with van der Waals surface area (Å²) in [5, 5.41) is 24.3. The molecule has 0 atom stereocenters. The zero-order chi connectivity index (χ0) is 36.0. The van der Waals surface area contributed by atoms with Gasteiger partial charge >= 0.3 is 0 Å². The van der Waals surface area contributed by atoms with E-state index in [1.165, 1.54) is 130 Å². The van der Waals surface area contributed by atoms with Crippen LogP contribution in [0.2, 0.25) is 0 Å². The minimum Gasteiger partial charge on any atom is -0.0616 e. The Balaban J connectivity index is 1.41. The van der Waals surface area contributed by atoms with Crippen molar-refractivity contribution in [1.29, 1.82) is 0 Å². The molecular weight excluding hydrogens is 649 g/mol. The van der Waals surface area contributed by atoms with Crippen molar-refractivity contribution in [2.75, 3.05) is 0 Å². The molecule has 12 aromatic carbocycles. The SMILES string of the molecule is CC(C)c1ccc(-c2c3cc4c5ccccc5c5cccc(c3c(-c3ccc(C(C)C)cc3)c3c6ccc7ccc8cccc9cc(c23)c6c7c89)c54)cc1. The lowest BCUT2D eigenvalue weighted by Gasteiger charge is -2.20. The maximum Gasteiger partial charge on any atom is -0.000718 e. The van der Waals surface area contributed by atoms with Gasteiger partial charge in [0.15, 0.2) is 0 Å². The highest BCUT2D eigenvalue weighted by molar-refractivity contribution is 6.47. The molecule has 0 radical (unpaired) electrons. The third-order valence-corrected chi connectivity index (χ3v) is 12.8. The molecular formula is C54H38. The molecule has 0 heterocycles. The number of benzene rings is 10. The Labute approximate surface area is 314 Å². The van der Waals surface area contributed by atoms with Crippen LogP contribution in [0.5, 0.6) is 0 Å². The van der Waals surface area contributed by atoms with Crippen LogP contribution in [-0.4, -0.2) is 0 Å². The van der Waals surface area contributed by atoms with Crippen LogP contribution in [0.1, 0.15) is 50.7 Å². The van der Waals surface area contributed by atoms with E-state index in [1.54, 1.807) is 0 Å². The lowest BCUT2D eigenvalue weighted by atomic mass is 9.83. The molecule has 54 heavy (non-hydrogen) atoms. The first-order chi connectivity index (χ1) is 26.5. The number of rotatable bonds is 4. The van der Waals surface area contributed by atoms with Crippen molar-refractivity contribution >= 4 is 97.0 Å². The normalized spacial score (nSPS) is 12.8. The Morgan fingerprint density at radius 1 is 0.278 bits per heavy atom. The van der Waals surface area contributed by atoms with Gasteiger partial charge in [-0.15, -0.1) is 0 Å². The molecule has 0 aliphatic rings. The van der Waals surface area contributed by atoms with E-state index in [2.05, 4.69) is 173 Å². The number of fused-ring (bicyclic) bond motifs is 8. The van der Waals surface area contributed by atoms with Crippen LogP contribution in [-0.2, 0) is 0 Å². The second kappa shape index (κ2) is 10.7. The van der Waals surface area contributed by atoms with Gasteiger partial charge in [-0.2, -0.15) is 0 Å². The van der Waals surface area contributed by atoms with E-state index in [9.17, 15) is 0 Å². The van der Waals surface area contributed by atoms with Crippen LogP contribution in [0, 0.1) is 0 Å². The van der Waals surface area contributed by atoms with Crippen LogP contribution in [0.3, 0.4) is 0 Å². The molecule has 0 aliphatic heterocycles. The lowest BCUT2D eigenvalue weighted by molar-refractivity contribution is 0.867. The van der Waals surface area contributed by atoms with Crippen molar-refractivity contribution in [3.63, 3.8) is 0 Å². The highest BCUT2D eigenvalue weighted by Gasteiger charge is 2.27. The maximum absolute atomic E-state index is 2.56. The highest BCUT2D eigenvalue weighted by Crippen LogP contribution is 2.56. The molecule has 0 fully saturated rings. The Hall–Kier alpha value is -6.24. The Morgan fingerprint density at radius 3 is 1.52 bits per heavy atom. The van der Waals surface area contributed by atoms with E-state index in [-0.39, 0.29) is 0 Å². The largest absolute Gasteiger partial charge is 0.0616 e. The van der Waals surface area contributed by atoms with Crippen LogP contribution >= 0.6 is 0 Å². The molecule has 0 amide bonds. The molecule has 0 aromatic heterocycles. The summed E-state index contributed by atoms with van der Waals surface area (Å²) in [6, 6.07) is 56.3. The standard InChI is InChI=1S/C54H38/c1-29(2)31-15-19-34(20-16-31)47-45-28-43-39-12-6-5-11-38(39)40-13-8-14-41(50(40)43)51(45)49(35-21-17-32(18-22-35)30(3)4)53-42-26-25-36-24-23-33-9-7-10-37-27-44(54(47)53)52(42)48(36)46(33)37/h5-30H,1-4H3. The summed E-state index contributed by atoms with van der Waals surface area (Å²) in [4.78, 5) is 0. The third-order valence-electron chi connectivity index (χ3n) is 12.8. The molecule has 12 rings (SSSR count). The van der Waals surface area contributed by atoms with Gasteiger partial charge in [-0.3, -0.25) is 0 Å². The summed E-state index contributed by atoms with van der Waals surface area (Å²) < 4.78 is 0. The topological polar surface area (TPSA) is 0 Å². The van der Waals surface area contributed by atoms with Gasteiger partial charge in [0.2, 0.25) is 0 Å². The van der Waals surface area contributed by atoms with Gasteiger partial charge in [0.25, 0.3) is 0 Å². The van der Waals surface area contributed by atoms with Gasteiger partial charge in [-0.25, -0.2) is 0 Å². The predicted molar refractivity (Wildman–Crippen MR) is 237 cm³/mol. The Bertz CT molecular complexity index is 3450. The second-order valence-electron chi connectivity index (χ2n) is 16.3. The molecule has 0 nitrogen and oxygen atoms in total. The monoisotopic (exact) mass is 686 g/mol. The van der Waals surface area contributed by atoms with E-state index in [0.717, 1.165) is 0 Å². The molecule has 0 aliphatic carbocycles. The van der Waals surface area contributed by atoms with E-state index in [0.29, 0.717) is 11.8 Å². The van der Waals surface area contributed by atoms with Gasteiger partial charge in [-0.05, 0) is 154 Å². The maximum atomic E-state index is 2.56. The van der Waals surface area contributed by atoms with Crippen molar-refractivity contribution in [3.05, 3.63) is 157 Å². The fourth-order valence-electron chi connectivity index (χ4n) is 10.3. The minimum absolute atomic E-state index is 0.466. The fraction of sp³-hybridized carbons (Fsp3) is 0.111. The van der Waals surface area contributed by atoms with Gasteiger partial charge in [0.1, 0.15) is 0 Å². The van der Waals surface area contributed by atoms with E-state index in [1.807, 2.05) is 0 Å². The van der Waals surface area contributed by atoms with Crippen molar-refractivity contribution in [1.82, 2.24) is 0 Å². The van der Waals surface area contributed by atoms with Gasteiger partial charge in [-0.1, -0.05) is 161 Å². The summed E-state index contributed by atoms with van der Waals surface area (Å²) >= 11 is 0. The van der Waals surface area contributed by atoms with Crippen LogP contribution < -0.4 is 0 Å².